The molecule has 0 saturated heterocycles. The van der Waals surface area contributed by atoms with Gasteiger partial charge in [0.05, 0.1) is 11.5 Å². The van der Waals surface area contributed by atoms with Gasteiger partial charge in [-0.3, -0.25) is 4.79 Å². The smallest absolute Gasteiger partial charge is 0.326 e. The second-order valence-corrected chi connectivity index (χ2v) is 9.34. The number of pyridine rings is 1. The summed E-state index contributed by atoms with van der Waals surface area (Å²) in [6.45, 7) is 0. The minimum absolute atomic E-state index is 0.114. The minimum Gasteiger partial charge on any atom is -0.326 e. The number of hydrogen-bond donors (Lipinski definition) is 2. The number of sulfonamides is 1. The van der Waals surface area contributed by atoms with Crippen molar-refractivity contribution in [1.82, 2.24) is 4.98 Å². The highest BCUT2D eigenvalue weighted by Gasteiger charge is 2.48. The average molecular weight is 498 g/mol. The van der Waals surface area contributed by atoms with Crippen molar-refractivity contribution in [3.63, 3.8) is 0 Å². The van der Waals surface area contributed by atoms with Crippen molar-refractivity contribution in [2.45, 2.75) is 42.3 Å². The molecule has 13 heteroatoms. The molecule has 2 unspecified atom stereocenters. The zero-order valence-electron chi connectivity index (χ0n) is 16.2. The number of nitrogens with zero attached hydrogens (tertiary/aromatic N) is 1. The van der Waals surface area contributed by atoms with Crippen LogP contribution in [0.3, 0.4) is 0 Å². The van der Waals surface area contributed by atoms with Crippen LogP contribution in [0.4, 0.5) is 27.6 Å². The van der Waals surface area contributed by atoms with Gasteiger partial charge in [0.1, 0.15) is 0 Å². The molecule has 1 fully saturated rings. The van der Waals surface area contributed by atoms with Crippen LogP contribution in [0.5, 0.6) is 0 Å². The predicted molar refractivity (Wildman–Crippen MR) is 106 cm³/mol. The van der Waals surface area contributed by atoms with Crippen LogP contribution in [0.15, 0.2) is 41.6 Å². The maximum absolute atomic E-state index is 14.2. The van der Waals surface area contributed by atoms with E-state index in [1.807, 2.05) is 0 Å². The first-order valence-electron chi connectivity index (χ1n) is 9.22. The Hall–Kier alpha value is -2.31. The van der Waals surface area contributed by atoms with Crippen LogP contribution in [0, 0.1) is 5.92 Å². The summed E-state index contributed by atoms with van der Waals surface area (Å²) in [4.78, 5) is 16.4. The van der Waals surface area contributed by atoms with Crippen LogP contribution in [0.1, 0.15) is 36.3 Å². The van der Waals surface area contributed by atoms with Crippen molar-refractivity contribution < 1.29 is 35.2 Å². The van der Waals surface area contributed by atoms with E-state index >= 15 is 0 Å². The summed E-state index contributed by atoms with van der Waals surface area (Å²) in [5.41, 5.74) is -1.63. The Morgan fingerprint density at radius 3 is 2.56 bits per heavy atom. The van der Waals surface area contributed by atoms with Crippen molar-refractivity contribution in [3.8, 4) is 0 Å². The number of hydrogen-bond acceptors (Lipinski definition) is 4. The summed E-state index contributed by atoms with van der Waals surface area (Å²) < 4.78 is 92.0. The van der Waals surface area contributed by atoms with Crippen molar-refractivity contribution >= 4 is 33.2 Å². The highest BCUT2D eigenvalue weighted by molar-refractivity contribution is 7.89. The molecule has 1 aliphatic carbocycles. The van der Waals surface area contributed by atoms with Gasteiger partial charge in [-0.05, 0) is 36.1 Å². The number of halogens is 6. The molecular formula is C19H17ClF5N3O3S. The zero-order valence-corrected chi connectivity index (χ0v) is 17.7. The fourth-order valence-electron chi connectivity index (χ4n) is 3.79. The highest BCUT2D eigenvalue weighted by atomic mass is 35.5. The van der Waals surface area contributed by atoms with E-state index in [1.165, 1.54) is 12.1 Å². The van der Waals surface area contributed by atoms with Gasteiger partial charge < -0.3 is 5.32 Å². The van der Waals surface area contributed by atoms with E-state index < -0.39 is 75.3 Å². The van der Waals surface area contributed by atoms with Crippen molar-refractivity contribution in [2.75, 3.05) is 5.32 Å². The molecule has 3 N–H and O–H groups in total. The molecule has 0 radical (unpaired) electrons. The van der Waals surface area contributed by atoms with E-state index in [0.29, 0.717) is 0 Å². The van der Waals surface area contributed by atoms with Crippen LogP contribution in [-0.4, -0.2) is 25.2 Å². The van der Waals surface area contributed by atoms with Crippen LogP contribution in [0.2, 0.25) is 5.02 Å². The number of aromatic nitrogens is 1. The number of amides is 1. The van der Waals surface area contributed by atoms with E-state index in [1.54, 1.807) is 0 Å². The maximum Gasteiger partial charge on any atom is 0.416 e. The van der Waals surface area contributed by atoms with E-state index in [-0.39, 0.29) is 10.7 Å². The fraction of sp³-hybridized carbons (Fsp3) is 0.368. The lowest BCUT2D eigenvalue weighted by Crippen LogP contribution is -2.39. The molecule has 1 saturated carbocycles. The van der Waals surface area contributed by atoms with E-state index in [0.717, 1.165) is 24.4 Å². The third kappa shape index (κ3) is 5.36. The fourth-order valence-corrected chi connectivity index (χ4v) is 4.61. The second kappa shape index (κ2) is 8.56. The Morgan fingerprint density at radius 1 is 1.25 bits per heavy atom. The summed E-state index contributed by atoms with van der Waals surface area (Å²) in [5.74, 6) is -7.08. The van der Waals surface area contributed by atoms with Gasteiger partial charge in [0, 0.05) is 35.8 Å². The monoisotopic (exact) mass is 497 g/mol. The van der Waals surface area contributed by atoms with Gasteiger partial charge >= 0.3 is 6.18 Å². The van der Waals surface area contributed by atoms with Crippen LogP contribution in [-0.2, 0) is 21.0 Å². The topological polar surface area (TPSA) is 102 Å². The Morgan fingerprint density at radius 2 is 1.94 bits per heavy atom. The number of nitrogens with two attached hydrogens (primary N) is 1. The first-order valence-corrected chi connectivity index (χ1v) is 11.1. The van der Waals surface area contributed by atoms with E-state index in [4.69, 9.17) is 16.7 Å². The van der Waals surface area contributed by atoms with Crippen LogP contribution < -0.4 is 10.5 Å². The van der Waals surface area contributed by atoms with Crippen molar-refractivity contribution in [2.24, 2.45) is 11.1 Å². The molecule has 2 atom stereocenters. The Balaban J connectivity index is 2.00. The van der Waals surface area contributed by atoms with Crippen LogP contribution in [0.25, 0.3) is 0 Å². The molecule has 1 heterocycles. The number of rotatable bonds is 4. The van der Waals surface area contributed by atoms with Gasteiger partial charge in [-0.1, -0.05) is 17.7 Å². The molecule has 32 heavy (non-hydrogen) atoms. The lowest BCUT2D eigenvalue weighted by Gasteiger charge is -2.36. The normalized spacial score (nSPS) is 21.2. The van der Waals surface area contributed by atoms with Crippen molar-refractivity contribution in [3.05, 3.63) is 52.7 Å². The lowest BCUT2D eigenvalue weighted by atomic mass is 9.72. The predicted octanol–water partition coefficient (Wildman–Crippen LogP) is 4.56. The first kappa shape index (κ1) is 24.3. The number of nitrogens with one attached hydrogen (secondary N) is 1. The van der Waals surface area contributed by atoms with Gasteiger partial charge in [-0.25, -0.2) is 27.3 Å². The van der Waals surface area contributed by atoms with E-state index in [2.05, 4.69) is 10.3 Å². The Kier molecular flexibility index (Phi) is 6.51. The maximum atomic E-state index is 14.2. The summed E-state index contributed by atoms with van der Waals surface area (Å²) in [7, 11) is -4.21. The molecule has 1 aliphatic rings. The molecule has 1 amide bonds. The molecule has 0 bridgehead atoms. The largest absolute Gasteiger partial charge is 0.416 e. The summed E-state index contributed by atoms with van der Waals surface area (Å²) in [6, 6.07) is 5.19. The van der Waals surface area contributed by atoms with Gasteiger partial charge in [-0.15, -0.1) is 0 Å². The number of carbonyl (C=O) groups excluding carboxylic acids is 1. The van der Waals surface area contributed by atoms with Gasteiger partial charge in [0.25, 0.3) is 10.0 Å². The number of alkyl halides is 5. The molecule has 0 aliphatic heterocycles. The van der Waals surface area contributed by atoms with Gasteiger partial charge in [0.2, 0.25) is 11.8 Å². The summed E-state index contributed by atoms with van der Waals surface area (Å²) in [6.07, 6.45) is -5.90. The molecule has 3 rings (SSSR count). The quantitative estimate of drug-likeness (QED) is 0.604. The highest BCUT2D eigenvalue weighted by Crippen LogP contribution is 2.50. The molecule has 1 aromatic carbocycles. The van der Waals surface area contributed by atoms with Crippen LogP contribution >= 0.6 is 11.6 Å². The summed E-state index contributed by atoms with van der Waals surface area (Å²) >= 11 is 6.03. The standard InChI is InChI=1S/C19H17ClF5N3O3S/c20-14-3-1-2-13(19(23,24)25)16(14)11-4-6-18(21,22)9-12(11)17(29)28-10-5-7-27-15(8-10)32(26,30)31/h1-3,5,7-8,11-12H,4,6,9H2,(H2,26,30,31)(H,27,28,29). The number of carbonyl (C=O) groups is 1. The first-order chi connectivity index (χ1) is 14.7. The Labute approximate surface area is 185 Å². The lowest BCUT2D eigenvalue weighted by molar-refractivity contribution is -0.140. The Bertz CT molecular complexity index is 1140. The molecule has 2 aromatic rings. The second-order valence-electron chi connectivity index (χ2n) is 7.43. The molecular weight excluding hydrogens is 481 g/mol. The summed E-state index contributed by atoms with van der Waals surface area (Å²) in [5, 5.41) is 6.40. The molecule has 0 spiro atoms. The van der Waals surface area contributed by atoms with Gasteiger partial charge in [-0.2, -0.15) is 13.2 Å². The average Bonchev–Trinajstić information content (AvgIpc) is 2.66. The zero-order chi connectivity index (χ0) is 23.9. The number of primary sulfonamides is 1. The molecule has 1 aromatic heterocycles. The SMILES string of the molecule is NS(=O)(=O)c1cc(NC(=O)C2CC(F)(F)CCC2c2c(Cl)cccc2C(F)(F)F)ccn1. The van der Waals surface area contributed by atoms with Crippen molar-refractivity contribution in [1.29, 1.82) is 0 Å². The molecule has 174 valence electrons. The third-order valence-electron chi connectivity index (χ3n) is 5.19. The molecule has 6 nitrogen and oxygen atoms in total. The number of anilines is 1. The van der Waals surface area contributed by atoms with Gasteiger partial charge in [0.15, 0.2) is 5.03 Å². The van der Waals surface area contributed by atoms with E-state index in [9.17, 15) is 35.2 Å². The number of benzene rings is 1. The third-order valence-corrected chi connectivity index (χ3v) is 6.32. The minimum atomic E-state index is -4.81.